The molecule has 0 aliphatic carbocycles. The predicted octanol–water partition coefficient (Wildman–Crippen LogP) is 3.47. The van der Waals surface area contributed by atoms with E-state index >= 15 is 0 Å². The number of phenols is 1. The molecule has 0 aliphatic heterocycles. The topological polar surface area (TPSA) is 102 Å². The molecule has 0 saturated heterocycles. The van der Waals surface area contributed by atoms with E-state index in [1.54, 1.807) is 0 Å². The lowest BCUT2D eigenvalue weighted by atomic mass is 10.1. The Bertz CT molecular complexity index is 965. The molecule has 2 aromatic rings. The van der Waals surface area contributed by atoms with Crippen molar-refractivity contribution in [3.8, 4) is 17.9 Å². The van der Waals surface area contributed by atoms with E-state index in [0.717, 1.165) is 5.56 Å². The van der Waals surface area contributed by atoms with Crippen molar-refractivity contribution >= 4 is 17.4 Å². The first-order valence-corrected chi connectivity index (χ1v) is 8.95. The second-order valence-electron chi connectivity index (χ2n) is 6.82. The Kier molecular flexibility index (Phi) is 5.97. The largest absolute Gasteiger partial charge is 0.507 e. The van der Waals surface area contributed by atoms with Crippen molar-refractivity contribution in [1.29, 1.82) is 10.5 Å². The smallest absolute Gasteiger partial charge is 0.282 e. The molecule has 0 saturated carbocycles. The van der Waals surface area contributed by atoms with Gasteiger partial charge in [0.25, 0.3) is 5.91 Å². The molecule has 134 valence electrons. The molecule has 26 heavy (non-hydrogen) atoms. The molecule has 1 heterocycles. The molecule has 0 bridgehead atoms. The number of carbonyl (C=O) groups excluding carboxylic acids is 1. The van der Waals surface area contributed by atoms with E-state index in [1.807, 2.05) is 16.2 Å². The molecule has 0 fully saturated rings. The Morgan fingerprint density at radius 3 is 2.69 bits per heavy atom. The number of nitriles is 2. The molecule has 7 heteroatoms. The summed E-state index contributed by atoms with van der Waals surface area (Å²) in [4.78, 5) is 16.7. The lowest BCUT2D eigenvalue weighted by Gasteiger charge is -2.19. The lowest BCUT2D eigenvalue weighted by Crippen LogP contribution is -2.18. The van der Waals surface area contributed by atoms with E-state index in [2.05, 4.69) is 31.8 Å². The van der Waals surface area contributed by atoms with Gasteiger partial charge in [0.2, 0.25) is 0 Å². The molecule has 1 aromatic heterocycles. The molecule has 0 unspecified atom stereocenters. The number of amides is 1. The summed E-state index contributed by atoms with van der Waals surface area (Å²) >= 11 is 1.36. The summed E-state index contributed by atoms with van der Waals surface area (Å²) < 4.78 is 2.58. The second kappa shape index (κ2) is 7.99. The Morgan fingerprint density at radius 1 is 1.35 bits per heavy atom. The fourth-order valence-electron chi connectivity index (χ4n) is 2.26. The van der Waals surface area contributed by atoms with E-state index in [4.69, 9.17) is 10.5 Å². The van der Waals surface area contributed by atoms with Crippen LogP contribution >= 0.6 is 11.5 Å². The standard InChI is InChI=1S/C19H20N4O2S/c1-19(2,3)23-12-14(6-4-5-9-20)18(26-23)22-17(25)15-10-13(11-21)7-8-16(15)24/h7-8,10,12,24H,4-6H2,1-3H3. The van der Waals surface area contributed by atoms with Crippen molar-refractivity contribution in [2.45, 2.75) is 45.6 Å². The highest BCUT2D eigenvalue weighted by Gasteiger charge is 2.17. The molecule has 1 amide bonds. The summed E-state index contributed by atoms with van der Waals surface area (Å²) in [5.74, 6) is -0.798. The number of hydrogen-bond acceptors (Lipinski definition) is 5. The number of benzene rings is 1. The highest BCUT2D eigenvalue weighted by atomic mass is 32.1. The van der Waals surface area contributed by atoms with E-state index in [-0.39, 0.29) is 22.4 Å². The number of unbranched alkanes of at least 4 members (excludes halogenated alkanes) is 1. The molecule has 0 aliphatic rings. The zero-order chi connectivity index (χ0) is 19.3. The Morgan fingerprint density at radius 2 is 2.08 bits per heavy atom. The van der Waals surface area contributed by atoms with Crippen molar-refractivity contribution in [2.24, 2.45) is 4.99 Å². The zero-order valence-electron chi connectivity index (χ0n) is 15.0. The third kappa shape index (κ3) is 4.59. The zero-order valence-corrected chi connectivity index (χ0v) is 15.8. The number of hydrogen-bond donors (Lipinski definition) is 1. The predicted molar refractivity (Wildman–Crippen MR) is 98.6 cm³/mol. The van der Waals surface area contributed by atoms with Gasteiger partial charge in [-0.15, -0.1) is 0 Å². The first-order valence-electron chi connectivity index (χ1n) is 8.17. The van der Waals surface area contributed by atoms with Gasteiger partial charge in [-0.1, -0.05) is 0 Å². The first kappa shape index (κ1) is 19.4. The Balaban J connectivity index is 2.48. The SMILES string of the molecule is CC(C)(C)n1cc(CCCC#N)c(=NC(=O)c2cc(C#N)ccc2O)s1. The maximum atomic E-state index is 12.6. The first-order chi connectivity index (χ1) is 12.3. The normalized spacial score (nSPS) is 11.8. The molecule has 0 radical (unpaired) electrons. The van der Waals surface area contributed by atoms with Gasteiger partial charge in [0, 0.05) is 23.7 Å². The second-order valence-corrected chi connectivity index (χ2v) is 7.78. The van der Waals surface area contributed by atoms with Crippen molar-refractivity contribution < 1.29 is 9.90 Å². The van der Waals surface area contributed by atoms with Gasteiger partial charge in [0.05, 0.1) is 23.3 Å². The van der Waals surface area contributed by atoms with Crippen LogP contribution in [0, 0.1) is 22.7 Å². The maximum Gasteiger partial charge on any atom is 0.282 e. The minimum atomic E-state index is -0.593. The number of aromatic nitrogens is 1. The van der Waals surface area contributed by atoms with Crippen LogP contribution in [0.4, 0.5) is 0 Å². The summed E-state index contributed by atoms with van der Waals surface area (Å²) in [5.41, 5.74) is 1.02. The summed E-state index contributed by atoms with van der Waals surface area (Å²) in [6, 6.07) is 8.16. The third-order valence-electron chi connectivity index (χ3n) is 3.69. The lowest BCUT2D eigenvalue weighted by molar-refractivity contribution is 0.0996. The van der Waals surface area contributed by atoms with E-state index in [9.17, 15) is 9.90 Å². The van der Waals surface area contributed by atoms with Gasteiger partial charge in [0.15, 0.2) is 0 Å². The van der Waals surface area contributed by atoms with E-state index in [0.29, 0.717) is 23.9 Å². The number of aromatic hydroxyl groups is 1. The van der Waals surface area contributed by atoms with Crippen molar-refractivity contribution in [2.75, 3.05) is 0 Å². The van der Waals surface area contributed by atoms with Crippen molar-refractivity contribution in [1.82, 2.24) is 3.96 Å². The summed E-state index contributed by atoms with van der Waals surface area (Å²) in [6.45, 7) is 6.16. The van der Waals surface area contributed by atoms with Crippen LogP contribution in [0.5, 0.6) is 5.75 Å². The fraction of sp³-hybridized carbons (Fsp3) is 0.368. The molecule has 1 aromatic carbocycles. The molecule has 1 N–H and O–H groups in total. The van der Waals surface area contributed by atoms with Gasteiger partial charge in [0.1, 0.15) is 10.4 Å². The minimum Gasteiger partial charge on any atom is -0.507 e. The van der Waals surface area contributed by atoms with Gasteiger partial charge >= 0.3 is 0 Å². The van der Waals surface area contributed by atoms with Crippen LogP contribution in [0.1, 0.15) is 55.1 Å². The molecular weight excluding hydrogens is 348 g/mol. The fourth-order valence-corrected chi connectivity index (χ4v) is 3.29. The van der Waals surface area contributed by atoms with Crippen LogP contribution in [0.3, 0.4) is 0 Å². The van der Waals surface area contributed by atoms with Gasteiger partial charge in [-0.05, 0) is 63.3 Å². The molecule has 2 rings (SSSR count). The summed E-state index contributed by atoms with van der Waals surface area (Å²) in [7, 11) is 0. The van der Waals surface area contributed by atoms with Crippen LogP contribution in [0.25, 0.3) is 0 Å². The van der Waals surface area contributed by atoms with Crippen LogP contribution in [0.15, 0.2) is 29.4 Å². The van der Waals surface area contributed by atoms with Crippen LogP contribution in [0.2, 0.25) is 0 Å². The summed E-state index contributed by atoms with van der Waals surface area (Å²) in [6.07, 6.45) is 3.72. The molecule has 0 atom stereocenters. The van der Waals surface area contributed by atoms with Gasteiger partial charge in [-0.25, -0.2) is 0 Å². The summed E-state index contributed by atoms with van der Waals surface area (Å²) in [5, 5.41) is 27.6. The Labute approximate surface area is 156 Å². The highest BCUT2D eigenvalue weighted by Crippen LogP contribution is 2.20. The van der Waals surface area contributed by atoms with Crippen molar-refractivity contribution in [3.63, 3.8) is 0 Å². The monoisotopic (exact) mass is 368 g/mol. The number of carbonyl (C=O) groups is 1. The molecule has 6 nitrogen and oxygen atoms in total. The number of rotatable bonds is 4. The number of phenolic OH excluding ortho intramolecular Hbond substituents is 1. The van der Waals surface area contributed by atoms with Crippen molar-refractivity contribution in [3.05, 3.63) is 45.8 Å². The van der Waals surface area contributed by atoms with E-state index < -0.39 is 5.91 Å². The van der Waals surface area contributed by atoms with Gasteiger partial charge in [-0.2, -0.15) is 15.5 Å². The van der Waals surface area contributed by atoms with Crippen LogP contribution in [-0.2, 0) is 12.0 Å². The molecule has 0 spiro atoms. The van der Waals surface area contributed by atoms with Crippen LogP contribution < -0.4 is 4.67 Å². The molecular formula is C19H20N4O2S. The highest BCUT2D eigenvalue weighted by molar-refractivity contribution is 7.04. The average molecular weight is 368 g/mol. The number of nitrogens with zero attached hydrogens (tertiary/aromatic N) is 4. The third-order valence-corrected chi connectivity index (χ3v) is 5.06. The average Bonchev–Trinajstić information content (AvgIpc) is 2.98. The van der Waals surface area contributed by atoms with Gasteiger partial charge < -0.3 is 5.11 Å². The minimum absolute atomic E-state index is 0.00253. The quantitative estimate of drug-likeness (QED) is 0.835. The number of aryl methyl sites for hydroxylation is 1. The van der Waals surface area contributed by atoms with E-state index in [1.165, 1.54) is 29.7 Å². The van der Waals surface area contributed by atoms with Gasteiger partial charge in [-0.3, -0.25) is 8.75 Å². The van der Waals surface area contributed by atoms with Crippen LogP contribution in [-0.4, -0.2) is 15.0 Å². The maximum absolute atomic E-state index is 12.6. The Hall–Kier alpha value is -2.90.